The lowest BCUT2D eigenvalue weighted by molar-refractivity contribution is 0.102. The lowest BCUT2D eigenvalue weighted by Gasteiger charge is -2.10. The van der Waals surface area contributed by atoms with Crippen molar-refractivity contribution in [1.82, 2.24) is 4.98 Å². The van der Waals surface area contributed by atoms with Gasteiger partial charge in [-0.05, 0) is 48.7 Å². The van der Waals surface area contributed by atoms with Crippen LogP contribution < -0.4 is 10.1 Å². The number of benzene rings is 1. The molecule has 106 valence electrons. The van der Waals surface area contributed by atoms with E-state index in [2.05, 4.69) is 10.3 Å². The van der Waals surface area contributed by atoms with Crippen LogP contribution in [0.3, 0.4) is 0 Å². The van der Waals surface area contributed by atoms with Crippen LogP contribution in [0.4, 0.5) is 5.69 Å². The summed E-state index contributed by atoms with van der Waals surface area (Å²) in [5.41, 5.74) is 3.62. The van der Waals surface area contributed by atoms with Crippen molar-refractivity contribution in [1.29, 1.82) is 0 Å². The maximum Gasteiger partial charge on any atom is 0.255 e. The SMILES string of the molecule is O=C(Nc1cccnc1C1CC1)c1ccc2c(c1)CCO2. The number of anilines is 1. The summed E-state index contributed by atoms with van der Waals surface area (Å²) in [6.07, 6.45) is 4.98. The van der Waals surface area contributed by atoms with Crippen LogP contribution in [-0.2, 0) is 6.42 Å². The number of carbonyl (C=O) groups is 1. The van der Waals surface area contributed by atoms with E-state index in [0.29, 0.717) is 18.1 Å². The van der Waals surface area contributed by atoms with Crippen LogP contribution in [-0.4, -0.2) is 17.5 Å². The van der Waals surface area contributed by atoms with Gasteiger partial charge in [0, 0.05) is 24.1 Å². The molecule has 4 nitrogen and oxygen atoms in total. The van der Waals surface area contributed by atoms with Crippen LogP contribution in [0.2, 0.25) is 0 Å². The molecule has 1 aliphatic carbocycles. The third kappa shape index (κ3) is 2.37. The van der Waals surface area contributed by atoms with Gasteiger partial charge in [0.2, 0.25) is 0 Å². The van der Waals surface area contributed by atoms with Crippen molar-refractivity contribution < 1.29 is 9.53 Å². The van der Waals surface area contributed by atoms with Gasteiger partial charge in [0.25, 0.3) is 5.91 Å². The molecule has 2 aliphatic rings. The number of nitrogens with zero attached hydrogens (tertiary/aromatic N) is 1. The van der Waals surface area contributed by atoms with Crippen molar-refractivity contribution in [2.45, 2.75) is 25.2 Å². The number of rotatable bonds is 3. The first-order chi connectivity index (χ1) is 10.3. The Bertz CT molecular complexity index is 708. The zero-order chi connectivity index (χ0) is 14.2. The van der Waals surface area contributed by atoms with Crippen LogP contribution in [0.1, 0.15) is 40.4 Å². The van der Waals surface area contributed by atoms with E-state index in [1.54, 1.807) is 6.20 Å². The van der Waals surface area contributed by atoms with Crippen molar-refractivity contribution in [2.24, 2.45) is 0 Å². The van der Waals surface area contributed by atoms with Crippen LogP contribution in [0.5, 0.6) is 5.75 Å². The Kier molecular flexibility index (Phi) is 2.88. The van der Waals surface area contributed by atoms with Gasteiger partial charge in [-0.3, -0.25) is 9.78 Å². The molecule has 4 heteroatoms. The number of hydrogen-bond acceptors (Lipinski definition) is 3. The normalized spacial score (nSPS) is 16.2. The largest absolute Gasteiger partial charge is 0.493 e. The van der Waals surface area contributed by atoms with Gasteiger partial charge in [0.05, 0.1) is 18.0 Å². The van der Waals surface area contributed by atoms with Gasteiger partial charge in [-0.15, -0.1) is 0 Å². The molecule has 0 saturated heterocycles. The molecule has 1 aliphatic heterocycles. The van der Waals surface area contributed by atoms with Crippen LogP contribution in [0.15, 0.2) is 36.5 Å². The minimum absolute atomic E-state index is 0.0837. The number of fused-ring (bicyclic) bond motifs is 1. The summed E-state index contributed by atoms with van der Waals surface area (Å²) in [5.74, 6) is 1.32. The molecule has 0 spiro atoms. The maximum atomic E-state index is 12.4. The minimum Gasteiger partial charge on any atom is -0.493 e. The second-order valence-corrected chi connectivity index (χ2v) is 5.59. The molecular weight excluding hydrogens is 264 g/mol. The van der Waals surface area contributed by atoms with Crippen molar-refractivity contribution in [3.8, 4) is 5.75 Å². The molecule has 1 aromatic carbocycles. The molecular formula is C17H16N2O2. The Morgan fingerprint density at radius 1 is 1.29 bits per heavy atom. The highest BCUT2D eigenvalue weighted by Crippen LogP contribution is 2.42. The molecule has 0 unspecified atom stereocenters. The van der Waals surface area contributed by atoms with E-state index >= 15 is 0 Å². The Morgan fingerprint density at radius 3 is 3.05 bits per heavy atom. The van der Waals surface area contributed by atoms with Crippen molar-refractivity contribution in [3.63, 3.8) is 0 Å². The lowest BCUT2D eigenvalue weighted by Crippen LogP contribution is -2.13. The zero-order valence-corrected chi connectivity index (χ0v) is 11.6. The molecule has 1 fully saturated rings. The molecule has 0 atom stereocenters. The van der Waals surface area contributed by atoms with Gasteiger partial charge in [-0.25, -0.2) is 0 Å². The first-order valence-corrected chi connectivity index (χ1v) is 7.33. The van der Waals surface area contributed by atoms with Gasteiger partial charge in [-0.2, -0.15) is 0 Å². The Hall–Kier alpha value is -2.36. The van der Waals surface area contributed by atoms with Crippen molar-refractivity contribution in [3.05, 3.63) is 53.3 Å². The van der Waals surface area contributed by atoms with E-state index in [0.717, 1.165) is 42.0 Å². The number of ether oxygens (including phenoxy) is 1. The first kappa shape index (κ1) is 12.4. The molecule has 0 radical (unpaired) electrons. The number of hydrogen-bond donors (Lipinski definition) is 1. The Balaban J connectivity index is 1.58. The minimum atomic E-state index is -0.0837. The van der Waals surface area contributed by atoms with E-state index < -0.39 is 0 Å². The molecule has 1 N–H and O–H groups in total. The smallest absolute Gasteiger partial charge is 0.255 e. The summed E-state index contributed by atoms with van der Waals surface area (Å²) in [4.78, 5) is 16.8. The Labute approximate surface area is 123 Å². The number of nitrogens with one attached hydrogen (secondary N) is 1. The van der Waals surface area contributed by atoms with Gasteiger partial charge in [0.15, 0.2) is 0 Å². The van der Waals surface area contributed by atoms with Crippen LogP contribution in [0, 0.1) is 0 Å². The fourth-order valence-electron chi connectivity index (χ4n) is 2.73. The topological polar surface area (TPSA) is 51.2 Å². The summed E-state index contributed by atoms with van der Waals surface area (Å²) < 4.78 is 5.47. The van der Waals surface area contributed by atoms with Crippen molar-refractivity contribution >= 4 is 11.6 Å². The van der Waals surface area contributed by atoms with E-state index in [1.165, 1.54) is 0 Å². The monoisotopic (exact) mass is 280 g/mol. The highest BCUT2D eigenvalue weighted by molar-refractivity contribution is 6.04. The molecule has 1 amide bonds. The summed E-state index contributed by atoms with van der Waals surface area (Å²) in [7, 11) is 0. The van der Waals surface area contributed by atoms with E-state index in [9.17, 15) is 4.79 Å². The second kappa shape index (κ2) is 4.88. The summed E-state index contributed by atoms with van der Waals surface area (Å²) in [5, 5.41) is 3.00. The van der Waals surface area contributed by atoms with E-state index in [1.807, 2.05) is 30.3 Å². The fraction of sp³-hybridized carbons (Fsp3) is 0.294. The van der Waals surface area contributed by atoms with E-state index in [-0.39, 0.29) is 5.91 Å². The number of pyridine rings is 1. The van der Waals surface area contributed by atoms with E-state index in [4.69, 9.17) is 4.74 Å². The Morgan fingerprint density at radius 2 is 2.19 bits per heavy atom. The molecule has 0 bridgehead atoms. The third-order valence-corrected chi connectivity index (χ3v) is 4.00. The molecule has 2 aromatic rings. The number of aromatic nitrogens is 1. The quantitative estimate of drug-likeness (QED) is 0.939. The average Bonchev–Trinajstić information content (AvgIpc) is 3.24. The molecule has 21 heavy (non-hydrogen) atoms. The zero-order valence-electron chi connectivity index (χ0n) is 11.6. The molecule has 4 rings (SSSR count). The summed E-state index contributed by atoms with van der Waals surface area (Å²) >= 11 is 0. The summed E-state index contributed by atoms with van der Waals surface area (Å²) in [6.45, 7) is 0.703. The maximum absolute atomic E-state index is 12.4. The molecule has 1 saturated carbocycles. The van der Waals surface area contributed by atoms with Gasteiger partial charge < -0.3 is 10.1 Å². The second-order valence-electron chi connectivity index (χ2n) is 5.59. The fourth-order valence-corrected chi connectivity index (χ4v) is 2.73. The van der Waals surface area contributed by atoms with Gasteiger partial charge in [-0.1, -0.05) is 0 Å². The van der Waals surface area contributed by atoms with Crippen LogP contribution in [0.25, 0.3) is 0 Å². The third-order valence-electron chi connectivity index (χ3n) is 4.00. The predicted octanol–water partition coefficient (Wildman–Crippen LogP) is 3.15. The van der Waals surface area contributed by atoms with Gasteiger partial charge >= 0.3 is 0 Å². The van der Waals surface area contributed by atoms with Crippen molar-refractivity contribution in [2.75, 3.05) is 11.9 Å². The van der Waals surface area contributed by atoms with Crippen LogP contribution >= 0.6 is 0 Å². The first-order valence-electron chi connectivity index (χ1n) is 7.33. The summed E-state index contributed by atoms with van der Waals surface area (Å²) in [6, 6.07) is 9.40. The predicted molar refractivity (Wildman–Crippen MR) is 79.8 cm³/mol. The highest BCUT2D eigenvalue weighted by atomic mass is 16.5. The average molecular weight is 280 g/mol. The lowest BCUT2D eigenvalue weighted by atomic mass is 10.1. The molecule has 1 aromatic heterocycles. The van der Waals surface area contributed by atoms with Gasteiger partial charge in [0.1, 0.15) is 5.75 Å². The molecule has 2 heterocycles. The highest BCUT2D eigenvalue weighted by Gasteiger charge is 2.28. The standard InChI is InChI=1S/C17H16N2O2/c20-17(13-5-6-15-12(10-13)7-9-21-15)19-14-2-1-8-18-16(14)11-3-4-11/h1-2,5-6,8,10-11H,3-4,7,9H2,(H,19,20). The number of amides is 1. The number of carbonyl (C=O) groups excluding carboxylic acids is 1.